The smallest absolute Gasteiger partial charge is 0.326 e. The van der Waals surface area contributed by atoms with Crippen LogP contribution in [0.1, 0.15) is 26.2 Å². The van der Waals surface area contributed by atoms with Crippen LogP contribution in [-0.4, -0.2) is 49.5 Å². The second-order valence-electron chi connectivity index (χ2n) is 4.25. The summed E-state index contributed by atoms with van der Waals surface area (Å²) in [4.78, 5) is 22.3. The molecule has 0 bridgehead atoms. The molecule has 1 amide bonds. The van der Waals surface area contributed by atoms with Crippen LogP contribution in [0.15, 0.2) is 0 Å². The highest BCUT2D eigenvalue weighted by Gasteiger charge is 2.22. The highest BCUT2D eigenvalue weighted by Crippen LogP contribution is 2.00. The van der Waals surface area contributed by atoms with Crippen LogP contribution in [0.5, 0.6) is 0 Å². The highest BCUT2D eigenvalue weighted by molar-refractivity contribution is 7.90. The first-order chi connectivity index (χ1) is 8.15. The summed E-state index contributed by atoms with van der Waals surface area (Å²) >= 11 is 0. The van der Waals surface area contributed by atoms with Crippen LogP contribution in [0.3, 0.4) is 0 Å². The summed E-state index contributed by atoms with van der Waals surface area (Å²) in [5, 5.41) is 11.1. The molecule has 0 aromatic carbocycles. The first-order valence-electron chi connectivity index (χ1n) is 5.61. The van der Waals surface area contributed by atoms with Gasteiger partial charge in [-0.05, 0) is 12.8 Å². The maximum atomic E-state index is 11.4. The van der Waals surface area contributed by atoms with Crippen molar-refractivity contribution in [2.45, 2.75) is 38.3 Å². The molecule has 18 heavy (non-hydrogen) atoms. The molecule has 0 saturated carbocycles. The number of rotatable bonds is 8. The second-order valence-corrected chi connectivity index (χ2v) is 6.51. The van der Waals surface area contributed by atoms with Crippen LogP contribution in [0, 0.1) is 0 Å². The summed E-state index contributed by atoms with van der Waals surface area (Å²) in [7, 11) is -3.26. The van der Waals surface area contributed by atoms with Crippen molar-refractivity contribution in [1.82, 2.24) is 5.32 Å². The number of amides is 1. The summed E-state index contributed by atoms with van der Waals surface area (Å²) in [6.45, 7) is 1.82. The first kappa shape index (κ1) is 16.9. The van der Waals surface area contributed by atoms with E-state index < -0.39 is 27.8 Å². The van der Waals surface area contributed by atoms with Crippen molar-refractivity contribution in [3.05, 3.63) is 0 Å². The van der Waals surface area contributed by atoms with Crippen molar-refractivity contribution in [3.8, 4) is 0 Å². The summed E-state index contributed by atoms with van der Waals surface area (Å²) in [5.74, 6) is -2.02. The molecule has 0 aliphatic carbocycles. The molecule has 0 spiro atoms. The number of sulfone groups is 1. The zero-order valence-electron chi connectivity index (χ0n) is 10.5. The number of hydrogen-bond acceptors (Lipinski definition) is 5. The molecule has 0 aromatic rings. The Morgan fingerprint density at radius 1 is 1.39 bits per heavy atom. The van der Waals surface area contributed by atoms with E-state index in [1.54, 1.807) is 0 Å². The van der Waals surface area contributed by atoms with Gasteiger partial charge < -0.3 is 16.2 Å². The van der Waals surface area contributed by atoms with Gasteiger partial charge in [-0.25, -0.2) is 13.2 Å². The summed E-state index contributed by atoms with van der Waals surface area (Å²) < 4.78 is 21.9. The van der Waals surface area contributed by atoms with Gasteiger partial charge in [-0.1, -0.05) is 6.92 Å². The SMILES string of the molecule is CCC(N)CC(=O)NC(CCS(C)(=O)=O)C(=O)O. The first-order valence-corrected chi connectivity index (χ1v) is 7.67. The van der Waals surface area contributed by atoms with E-state index in [-0.39, 0.29) is 24.6 Å². The van der Waals surface area contributed by atoms with Crippen LogP contribution < -0.4 is 11.1 Å². The van der Waals surface area contributed by atoms with Crippen molar-refractivity contribution >= 4 is 21.7 Å². The van der Waals surface area contributed by atoms with Crippen molar-refractivity contribution in [1.29, 1.82) is 0 Å². The van der Waals surface area contributed by atoms with Gasteiger partial charge in [0.2, 0.25) is 5.91 Å². The van der Waals surface area contributed by atoms with Crippen LogP contribution in [0.25, 0.3) is 0 Å². The normalized spacial score (nSPS) is 14.8. The van der Waals surface area contributed by atoms with Gasteiger partial charge >= 0.3 is 5.97 Å². The predicted molar refractivity (Wildman–Crippen MR) is 66.8 cm³/mol. The van der Waals surface area contributed by atoms with Crippen molar-refractivity contribution in [3.63, 3.8) is 0 Å². The standard InChI is InChI=1S/C10H20N2O5S/c1-3-7(11)6-9(13)12-8(10(14)15)4-5-18(2,16)17/h7-8H,3-6,11H2,1-2H3,(H,12,13)(H,14,15). The maximum absolute atomic E-state index is 11.4. The molecule has 2 unspecified atom stereocenters. The molecule has 106 valence electrons. The van der Waals surface area contributed by atoms with Gasteiger partial charge in [0.05, 0.1) is 5.75 Å². The monoisotopic (exact) mass is 280 g/mol. The van der Waals surface area contributed by atoms with Crippen molar-refractivity contribution < 1.29 is 23.1 Å². The maximum Gasteiger partial charge on any atom is 0.326 e. The van der Waals surface area contributed by atoms with E-state index >= 15 is 0 Å². The molecular formula is C10H20N2O5S. The van der Waals surface area contributed by atoms with Gasteiger partial charge in [0.25, 0.3) is 0 Å². The van der Waals surface area contributed by atoms with E-state index in [4.69, 9.17) is 10.8 Å². The molecule has 0 aliphatic rings. The fourth-order valence-electron chi connectivity index (χ4n) is 1.23. The lowest BCUT2D eigenvalue weighted by Gasteiger charge is -2.15. The molecule has 0 fully saturated rings. The highest BCUT2D eigenvalue weighted by atomic mass is 32.2. The average molecular weight is 280 g/mol. The summed E-state index contributed by atoms with van der Waals surface area (Å²) in [5.41, 5.74) is 5.56. The molecule has 2 atom stereocenters. The third-order valence-corrected chi connectivity index (χ3v) is 3.36. The number of carboxylic acids is 1. The molecule has 0 rings (SSSR count). The molecule has 0 saturated heterocycles. The van der Waals surface area contributed by atoms with E-state index in [0.717, 1.165) is 6.26 Å². The number of carboxylic acid groups (broad SMARTS) is 1. The third kappa shape index (κ3) is 8.02. The molecule has 0 aromatic heterocycles. The lowest BCUT2D eigenvalue weighted by molar-refractivity contribution is -0.141. The van der Waals surface area contributed by atoms with Gasteiger partial charge in [-0.2, -0.15) is 0 Å². The Morgan fingerprint density at radius 2 is 1.94 bits per heavy atom. The molecule has 7 nitrogen and oxygen atoms in total. The number of nitrogens with two attached hydrogens (primary N) is 1. The number of hydrogen-bond donors (Lipinski definition) is 3. The quantitative estimate of drug-likeness (QED) is 0.530. The number of aliphatic carboxylic acids is 1. The van der Waals surface area contributed by atoms with Gasteiger partial charge in [0, 0.05) is 18.7 Å². The Morgan fingerprint density at radius 3 is 2.33 bits per heavy atom. The van der Waals surface area contributed by atoms with Crippen LogP contribution in [0.2, 0.25) is 0 Å². The molecular weight excluding hydrogens is 260 g/mol. The summed E-state index contributed by atoms with van der Waals surface area (Å²) in [6, 6.07) is -1.52. The van der Waals surface area contributed by atoms with Crippen LogP contribution >= 0.6 is 0 Å². The fourth-order valence-corrected chi connectivity index (χ4v) is 1.89. The predicted octanol–water partition coefficient (Wildman–Crippen LogP) is -0.882. The number of nitrogens with one attached hydrogen (secondary N) is 1. The van der Waals surface area contributed by atoms with Crippen molar-refractivity contribution in [2.24, 2.45) is 5.73 Å². The fraction of sp³-hybridized carbons (Fsp3) is 0.800. The lowest BCUT2D eigenvalue weighted by atomic mass is 10.1. The Balaban J connectivity index is 4.36. The van der Waals surface area contributed by atoms with Crippen LogP contribution in [-0.2, 0) is 19.4 Å². The van der Waals surface area contributed by atoms with Crippen LogP contribution in [0.4, 0.5) is 0 Å². The zero-order valence-corrected chi connectivity index (χ0v) is 11.4. The summed E-state index contributed by atoms with van der Waals surface area (Å²) in [6.07, 6.45) is 1.50. The third-order valence-electron chi connectivity index (χ3n) is 2.38. The minimum Gasteiger partial charge on any atom is -0.480 e. The number of carbonyl (C=O) groups excluding carboxylic acids is 1. The molecule has 4 N–H and O–H groups in total. The Kier molecular flexibility index (Phi) is 6.85. The Hall–Kier alpha value is -1.15. The second kappa shape index (κ2) is 7.32. The van der Waals surface area contributed by atoms with Gasteiger partial charge in [-0.3, -0.25) is 4.79 Å². The molecule has 0 aliphatic heterocycles. The Bertz CT molecular complexity index is 393. The van der Waals surface area contributed by atoms with E-state index in [1.165, 1.54) is 0 Å². The minimum atomic E-state index is -3.26. The van der Waals surface area contributed by atoms with Gasteiger partial charge in [-0.15, -0.1) is 0 Å². The van der Waals surface area contributed by atoms with E-state index in [0.29, 0.717) is 6.42 Å². The van der Waals surface area contributed by atoms with E-state index in [9.17, 15) is 18.0 Å². The topological polar surface area (TPSA) is 127 Å². The van der Waals surface area contributed by atoms with Gasteiger partial charge in [0.1, 0.15) is 15.9 Å². The Labute approximate surface area is 107 Å². The average Bonchev–Trinajstić information content (AvgIpc) is 2.22. The lowest BCUT2D eigenvalue weighted by Crippen LogP contribution is -2.43. The number of carbonyl (C=O) groups is 2. The zero-order chi connectivity index (χ0) is 14.3. The largest absolute Gasteiger partial charge is 0.480 e. The van der Waals surface area contributed by atoms with E-state index in [2.05, 4.69) is 5.32 Å². The minimum absolute atomic E-state index is 0.0269. The van der Waals surface area contributed by atoms with E-state index in [1.807, 2.05) is 6.92 Å². The molecule has 0 heterocycles. The molecule has 8 heteroatoms. The molecule has 0 radical (unpaired) electrons. The van der Waals surface area contributed by atoms with Crippen molar-refractivity contribution in [2.75, 3.05) is 12.0 Å². The van der Waals surface area contributed by atoms with Gasteiger partial charge in [0.15, 0.2) is 0 Å².